The molecule has 0 spiro atoms. The third-order valence-corrected chi connectivity index (χ3v) is 7.21. The van der Waals surface area contributed by atoms with Crippen molar-refractivity contribution in [3.8, 4) is 0 Å². The van der Waals surface area contributed by atoms with Gasteiger partial charge in [0, 0.05) is 39.3 Å². The fourth-order valence-electron chi connectivity index (χ4n) is 3.57. The minimum Gasteiger partial charge on any atom is -0.462 e. The van der Waals surface area contributed by atoms with E-state index in [1.54, 1.807) is 25.3 Å². The third-order valence-electron chi connectivity index (χ3n) is 5.30. The number of nitrogens with zero attached hydrogens (tertiary/aromatic N) is 3. The highest BCUT2D eigenvalue weighted by Gasteiger charge is 2.32. The Kier molecular flexibility index (Phi) is 7.47. The van der Waals surface area contributed by atoms with Crippen molar-refractivity contribution in [1.29, 1.82) is 0 Å². The highest BCUT2D eigenvalue weighted by molar-refractivity contribution is 7.89. The first-order valence-corrected chi connectivity index (χ1v) is 11.9. The summed E-state index contributed by atoms with van der Waals surface area (Å²) in [7, 11) is -0.0143. The smallest absolute Gasteiger partial charge is 0.338 e. The summed E-state index contributed by atoms with van der Waals surface area (Å²) in [5.41, 5.74) is 0.924. The highest BCUT2D eigenvalue weighted by atomic mass is 32.2. The van der Waals surface area contributed by atoms with Gasteiger partial charge in [0.15, 0.2) is 5.82 Å². The molecule has 1 aliphatic heterocycles. The number of benzene rings is 1. The number of amides is 1. The van der Waals surface area contributed by atoms with Crippen molar-refractivity contribution in [2.45, 2.75) is 24.7 Å². The van der Waals surface area contributed by atoms with Crippen LogP contribution in [0.15, 0.2) is 47.5 Å². The summed E-state index contributed by atoms with van der Waals surface area (Å²) in [4.78, 5) is 30.7. The molecule has 1 aromatic carbocycles. The first kappa shape index (κ1) is 23.7. The van der Waals surface area contributed by atoms with Gasteiger partial charge in [0.1, 0.15) is 0 Å². The second-order valence-electron chi connectivity index (χ2n) is 7.68. The Morgan fingerprint density at radius 3 is 2.41 bits per heavy atom. The van der Waals surface area contributed by atoms with Crippen molar-refractivity contribution in [3.05, 3.63) is 48.2 Å². The predicted octanol–water partition coefficient (Wildman–Crippen LogP) is 2.36. The van der Waals surface area contributed by atoms with E-state index in [0.29, 0.717) is 29.9 Å². The van der Waals surface area contributed by atoms with Crippen LogP contribution in [0.25, 0.3) is 0 Å². The number of rotatable bonds is 7. The summed E-state index contributed by atoms with van der Waals surface area (Å²) in [6.45, 7) is 2.44. The van der Waals surface area contributed by atoms with Crippen LogP contribution >= 0.6 is 0 Å². The average Bonchev–Trinajstić information content (AvgIpc) is 2.79. The molecule has 32 heavy (non-hydrogen) atoms. The Morgan fingerprint density at radius 2 is 1.81 bits per heavy atom. The van der Waals surface area contributed by atoms with Crippen molar-refractivity contribution in [2.75, 3.05) is 44.0 Å². The summed E-state index contributed by atoms with van der Waals surface area (Å²) in [6, 6.07) is 9.25. The maximum Gasteiger partial charge on any atom is 0.338 e. The molecule has 0 atom stereocenters. The van der Waals surface area contributed by atoms with Crippen LogP contribution in [0.1, 0.15) is 30.1 Å². The van der Waals surface area contributed by atoms with E-state index in [9.17, 15) is 18.0 Å². The molecule has 1 saturated heterocycles. The first-order chi connectivity index (χ1) is 15.2. The van der Waals surface area contributed by atoms with Gasteiger partial charge >= 0.3 is 5.97 Å². The van der Waals surface area contributed by atoms with Gasteiger partial charge in [-0.25, -0.2) is 18.2 Å². The molecule has 0 unspecified atom stereocenters. The number of hydrogen-bond donors (Lipinski definition) is 1. The second kappa shape index (κ2) is 10.1. The summed E-state index contributed by atoms with van der Waals surface area (Å²) >= 11 is 0. The van der Waals surface area contributed by atoms with Crippen molar-refractivity contribution in [3.63, 3.8) is 0 Å². The number of pyridine rings is 1. The Bertz CT molecular complexity index is 1060. The molecule has 1 aliphatic rings. The normalized spacial score (nSPS) is 15.2. The van der Waals surface area contributed by atoms with Crippen molar-refractivity contribution < 1.29 is 22.7 Å². The van der Waals surface area contributed by atoms with Gasteiger partial charge < -0.3 is 15.0 Å². The Labute approximate surface area is 188 Å². The summed E-state index contributed by atoms with van der Waals surface area (Å²) in [5, 5.41) is 2.92. The van der Waals surface area contributed by atoms with E-state index in [4.69, 9.17) is 4.74 Å². The Morgan fingerprint density at radius 1 is 1.16 bits per heavy atom. The molecular weight excluding hydrogens is 432 g/mol. The molecule has 0 bridgehead atoms. The van der Waals surface area contributed by atoms with Crippen LogP contribution in [-0.4, -0.2) is 63.4 Å². The minimum absolute atomic E-state index is 0.111. The zero-order valence-electron chi connectivity index (χ0n) is 18.4. The summed E-state index contributed by atoms with van der Waals surface area (Å²) in [5.74, 6) is -0.263. The maximum atomic E-state index is 13.0. The van der Waals surface area contributed by atoms with Gasteiger partial charge in [-0.15, -0.1) is 0 Å². The molecule has 1 fully saturated rings. The highest BCUT2D eigenvalue weighted by Crippen LogP contribution is 2.27. The number of nitrogens with one attached hydrogen (secondary N) is 1. The molecule has 1 amide bonds. The quantitative estimate of drug-likeness (QED) is 0.632. The maximum absolute atomic E-state index is 13.0. The number of aromatic nitrogens is 1. The fraction of sp³-hybridized carbons (Fsp3) is 0.409. The van der Waals surface area contributed by atoms with Crippen LogP contribution in [0, 0.1) is 5.92 Å². The topological polar surface area (TPSA) is 109 Å². The van der Waals surface area contributed by atoms with Crippen molar-refractivity contribution in [1.82, 2.24) is 9.29 Å². The van der Waals surface area contributed by atoms with E-state index in [0.717, 1.165) is 0 Å². The SMILES string of the molecule is CCOC(=O)c1ccc(S(=O)(=O)N2CCC(C(=O)Nc3cccnc3N(C)C)CC2)cc1. The Hall–Kier alpha value is -2.98. The van der Waals surface area contributed by atoms with E-state index in [1.165, 1.54) is 28.6 Å². The monoisotopic (exact) mass is 460 g/mol. The van der Waals surface area contributed by atoms with E-state index in [1.807, 2.05) is 19.0 Å². The zero-order valence-corrected chi connectivity index (χ0v) is 19.3. The van der Waals surface area contributed by atoms with Gasteiger partial charge in [-0.05, 0) is 56.2 Å². The fourth-order valence-corrected chi connectivity index (χ4v) is 5.04. The first-order valence-electron chi connectivity index (χ1n) is 10.4. The number of esters is 1. The minimum atomic E-state index is -3.71. The number of piperidine rings is 1. The number of sulfonamides is 1. The van der Waals surface area contributed by atoms with Gasteiger partial charge in [-0.3, -0.25) is 4.79 Å². The summed E-state index contributed by atoms with van der Waals surface area (Å²) in [6.07, 6.45) is 2.50. The average molecular weight is 461 g/mol. The van der Waals surface area contributed by atoms with Crippen molar-refractivity contribution in [2.24, 2.45) is 5.92 Å². The molecule has 2 heterocycles. The van der Waals surface area contributed by atoms with Crippen LogP contribution in [0.4, 0.5) is 11.5 Å². The lowest BCUT2D eigenvalue weighted by molar-refractivity contribution is -0.120. The molecule has 10 heteroatoms. The van der Waals surface area contributed by atoms with Gasteiger partial charge in [0.25, 0.3) is 0 Å². The van der Waals surface area contributed by atoms with Gasteiger partial charge in [-0.1, -0.05) is 0 Å². The van der Waals surface area contributed by atoms with Gasteiger partial charge in [0.05, 0.1) is 22.8 Å². The van der Waals surface area contributed by atoms with E-state index < -0.39 is 16.0 Å². The van der Waals surface area contributed by atoms with Crippen LogP contribution in [-0.2, 0) is 19.6 Å². The van der Waals surface area contributed by atoms with Crippen LogP contribution in [0.3, 0.4) is 0 Å². The number of ether oxygens (including phenoxy) is 1. The van der Waals surface area contributed by atoms with Gasteiger partial charge in [-0.2, -0.15) is 4.31 Å². The van der Waals surface area contributed by atoms with Gasteiger partial charge in [0.2, 0.25) is 15.9 Å². The van der Waals surface area contributed by atoms with Crippen LogP contribution in [0.2, 0.25) is 0 Å². The third kappa shape index (κ3) is 5.25. The van der Waals surface area contributed by atoms with Crippen molar-refractivity contribution >= 4 is 33.4 Å². The molecule has 9 nitrogen and oxygen atoms in total. The second-order valence-corrected chi connectivity index (χ2v) is 9.62. The predicted molar refractivity (Wildman–Crippen MR) is 121 cm³/mol. The lowest BCUT2D eigenvalue weighted by Gasteiger charge is -2.30. The summed E-state index contributed by atoms with van der Waals surface area (Å²) < 4.78 is 32.3. The van der Waals surface area contributed by atoms with E-state index >= 15 is 0 Å². The molecule has 172 valence electrons. The van der Waals surface area contributed by atoms with E-state index in [2.05, 4.69) is 10.3 Å². The molecule has 0 radical (unpaired) electrons. The number of anilines is 2. The number of carbonyl (C=O) groups excluding carboxylic acids is 2. The Balaban J connectivity index is 1.62. The molecular formula is C22H28N4O5S. The molecule has 2 aromatic rings. The standard InChI is InChI=1S/C22H28N4O5S/c1-4-31-22(28)17-7-9-18(10-8-17)32(29,30)26-14-11-16(12-15-26)21(27)24-19-6-5-13-23-20(19)25(2)3/h5-10,13,16H,4,11-12,14-15H2,1-3H3,(H,24,27). The van der Waals surface area contributed by atoms with Crippen LogP contribution < -0.4 is 10.2 Å². The molecule has 0 saturated carbocycles. The lowest BCUT2D eigenvalue weighted by atomic mass is 9.97. The lowest BCUT2D eigenvalue weighted by Crippen LogP contribution is -2.41. The molecule has 1 N–H and O–H groups in total. The zero-order chi connectivity index (χ0) is 23.3. The number of hydrogen-bond acceptors (Lipinski definition) is 7. The van der Waals surface area contributed by atoms with Crippen LogP contribution in [0.5, 0.6) is 0 Å². The molecule has 3 rings (SSSR count). The largest absolute Gasteiger partial charge is 0.462 e. The van der Waals surface area contributed by atoms with E-state index in [-0.39, 0.29) is 36.4 Å². The number of carbonyl (C=O) groups is 2. The molecule has 1 aromatic heterocycles. The molecule has 0 aliphatic carbocycles.